The van der Waals surface area contributed by atoms with Gasteiger partial charge in [-0.1, -0.05) is 12.1 Å². The summed E-state index contributed by atoms with van der Waals surface area (Å²) < 4.78 is 1.77. The second-order valence-electron chi connectivity index (χ2n) is 4.02. The van der Waals surface area contributed by atoms with Crippen molar-refractivity contribution in [3.8, 4) is 11.3 Å². The Morgan fingerprint density at radius 3 is 2.83 bits per heavy atom. The van der Waals surface area contributed by atoms with E-state index in [-0.39, 0.29) is 0 Å². The van der Waals surface area contributed by atoms with Crippen LogP contribution in [0.1, 0.15) is 0 Å². The van der Waals surface area contributed by atoms with Crippen molar-refractivity contribution in [1.82, 2.24) is 14.8 Å². The smallest absolute Gasteiger partial charge is 0.198 e. The molecule has 0 bridgehead atoms. The second-order valence-corrected chi connectivity index (χ2v) is 4.02. The molecule has 0 fully saturated rings. The van der Waals surface area contributed by atoms with Gasteiger partial charge in [-0.2, -0.15) is 5.10 Å². The summed E-state index contributed by atoms with van der Waals surface area (Å²) in [7, 11) is 1.87. The minimum atomic E-state index is 0.602. The summed E-state index contributed by atoms with van der Waals surface area (Å²) >= 11 is 0. The fourth-order valence-electron chi connectivity index (χ4n) is 2.05. The predicted molar refractivity (Wildman–Crippen MR) is 70.2 cm³/mol. The molecule has 0 unspecified atom stereocenters. The Balaban J connectivity index is 2.35. The van der Waals surface area contributed by atoms with Crippen LogP contribution in [0.5, 0.6) is 0 Å². The third-order valence-corrected chi connectivity index (χ3v) is 2.94. The molecule has 3 rings (SSSR count). The van der Waals surface area contributed by atoms with Gasteiger partial charge in [-0.3, -0.25) is 9.67 Å². The van der Waals surface area contributed by atoms with Crippen molar-refractivity contribution in [1.29, 1.82) is 0 Å². The third-order valence-electron chi connectivity index (χ3n) is 2.94. The molecule has 4 heteroatoms. The van der Waals surface area contributed by atoms with Gasteiger partial charge in [-0.15, -0.1) is 0 Å². The number of aryl methyl sites for hydroxylation is 1. The molecule has 0 saturated heterocycles. The van der Waals surface area contributed by atoms with E-state index in [9.17, 15) is 0 Å². The summed E-state index contributed by atoms with van der Waals surface area (Å²) in [6.45, 7) is 7.30. The van der Waals surface area contributed by atoms with Gasteiger partial charge in [0, 0.05) is 25.0 Å². The molecule has 0 atom stereocenters. The normalized spacial score (nSPS) is 10.4. The molecule has 2 aromatic heterocycles. The monoisotopic (exact) mass is 234 g/mol. The summed E-state index contributed by atoms with van der Waals surface area (Å²) in [4.78, 5) is 7.86. The Bertz CT molecular complexity index is 765. The maximum absolute atomic E-state index is 7.30. The lowest BCUT2D eigenvalue weighted by Gasteiger charge is -2.06. The number of fused-ring (bicyclic) bond motifs is 1. The van der Waals surface area contributed by atoms with E-state index < -0.39 is 0 Å². The highest BCUT2D eigenvalue weighted by Crippen LogP contribution is 2.33. The highest BCUT2D eigenvalue weighted by Gasteiger charge is 2.10. The molecule has 0 aliphatic rings. The highest BCUT2D eigenvalue weighted by molar-refractivity contribution is 5.91. The molecule has 0 spiro atoms. The molecule has 0 aliphatic heterocycles. The van der Waals surface area contributed by atoms with Crippen molar-refractivity contribution in [3.63, 3.8) is 0 Å². The number of pyridine rings is 1. The van der Waals surface area contributed by atoms with Crippen LogP contribution in [0.25, 0.3) is 27.0 Å². The van der Waals surface area contributed by atoms with Crippen LogP contribution in [0.2, 0.25) is 0 Å². The Morgan fingerprint density at radius 2 is 2.11 bits per heavy atom. The fraction of sp³-hybridized carbons (Fsp3) is 0.0714. The van der Waals surface area contributed by atoms with Gasteiger partial charge >= 0.3 is 0 Å². The first-order chi connectivity index (χ1) is 8.79. The molecule has 0 N–H and O–H groups in total. The Hall–Kier alpha value is -2.67. The maximum atomic E-state index is 7.30. The van der Waals surface area contributed by atoms with E-state index in [0.717, 1.165) is 22.2 Å². The quantitative estimate of drug-likeness (QED) is 0.606. The van der Waals surface area contributed by atoms with Crippen molar-refractivity contribution >= 4 is 16.6 Å². The van der Waals surface area contributed by atoms with Crippen molar-refractivity contribution in [2.24, 2.45) is 7.05 Å². The number of rotatable bonds is 1. The van der Waals surface area contributed by atoms with Crippen LogP contribution in [0.4, 0.5) is 5.69 Å². The molecule has 18 heavy (non-hydrogen) atoms. The van der Waals surface area contributed by atoms with Crippen molar-refractivity contribution in [2.75, 3.05) is 0 Å². The van der Waals surface area contributed by atoms with Gasteiger partial charge in [0.2, 0.25) is 0 Å². The number of benzene rings is 1. The third kappa shape index (κ3) is 1.54. The predicted octanol–water partition coefficient (Wildman–Crippen LogP) is 3.19. The minimum Gasteiger partial charge on any atom is -0.269 e. The molecule has 3 aromatic rings. The Morgan fingerprint density at radius 1 is 1.22 bits per heavy atom. The van der Waals surface area contributed by atoms with E-state index in [1.165, 1.54) is 0 Å². The van der Waals surface area contributed by atoms with E-state index in [1.807, 2.05) is 37.4 Å². The van der Waals surface area contributed by atoms with Crippen LogP contribution in [-0.2, 0) is 7.05 Å². The Labute approximate surface area is 104 Å². The van der Waals surface area contributed by atoms with Gasteiger partial charge in [0.05, 0.1) is 17.8 Å². The first-order valence-corrected chi connectivity index (χ1v) is 5.54. The molecular weight excluding hydrogens is 224 g/mol. The molecule has 2 heterocycles. The zero-order valence-corrected chi connectivity index (χ0v) is 9.83. The SMILES string of the molecule is [C-]#[N+]c1cc2ncccc2cc1-c1ccnn1C. The second kappa shape index (κ2) is 3.97. The highest BCUT2D eigenvalue weighted by atomic mass is 15.3. The molecule has 1 aromatic carbocycles. The first-order valence-electron chi connectivity index (χ1n) is 5.54. The van der Waals surface area contributed by atoms with Crippen molar-refractivity contribution in [2.45, 2.75) is 0 Å². The van der Waals surface area contributed by atoms with Crippen LogP contribution in [-0.4, -0.2) is 14.8 Å². The number of hydrogen-bond acceptors (Lipinski definition) is 2. The molecule has 0 radical (unpaired) electrons. The van der Waals surface area contributed by atoms with Gasteiger partial charge in [0.1, 0.15) is 0 Å². The zero-order valence-electron chi connectivity index (χ0n) is 9.83. The first kappa shape index (κ1) is 10.5. The maximum Gasteiger partial charge on any atom is 0.198 e. The zero-order chi connectivity index (χ0) is 12.5. The summed E-state index contributed by atoms with van der Waals surface area (Å²) in [5.74, 6) is 0. The van der Waals surface area contributed by atoms with Crippen LogP contribution in [0.15, 0.2) is 42.7 Å². The van der Waals surface area contributed by atoms with E-state index in [4.69, 9.17) is 6.57 Å². The number of nitrogens with zero attached hydrogens (tertiary/aromatic N) is 4. The topological polar surface area (TPSA) is 35.1 Å². The molecular formula is C14H10N4. The van der Waals surface area contributed by atoms with Crippen LogP contribution < -0.4 is 0 Å². The fourth-order valence-corrected chi connectivity index (χ4v) is 2.05. The molecule has 0 amide bonds. The number of aromatic nitrogens is 3. The lowest BCUT2D eigenvalue weighted by Crippen LogP contribution is -1.93. The molecule has 0 aliphatic carbocycles. The van der Waals surface area contributed by atoms with Gasteiger partial charge in [0.25, 0.3) is 0 Å². The van der Waals surface area contributed by atoms with E-state index in [2.05, 4.69) is 14.9 Å². The van der Waals surface area contributed by atoms with Crippen LogP contribution >= 0.6 is 0 Å². The molecule has 4 nitrogen and oxygen atoms in total. The van der Waals surface area contributed by atoms with Crippen molar-refractivity contribution < 1.29 is 0 Å². The summed E-state index contributed by atoms with van der Waals surface area (Å²) in [5.41, 5.74) is 3.27. The molecule has 86 valence electrons. The van der Waals surface area contributed by atoms with Crippen LogP contribution in [0, 0.1) is 6.57 Å². The van der Waals surface area contributed by atoms with E-state index in [1.54, 1.807) is 17.1 Å². The molecule has 0 saturated carbocycles. The van der Waals surface area contributed by atoms with E-state index in [0.29, 0.717) is 5.69 Å². The lowest BCUT2D eigenvalue weighted by atomic mass is 10.1. The standard InChI is InChI=1S/C14H10N4/c1-15-13-9-12-10(4-3-6-16-12)8-11(13)14-5-7-17-18(14)2/h3-9H,2H3. The summed E-state index contributed by atoms with van der Waals surface area (Å²) in [5, 5.41) is 5.18. The average molecular weight is 234 g/mol. The van der Waals surface area contributed by atoms with Crippen molar-refractivity contribution in [3.05, 3.63) is 54.1 Å². The number of hydrogen-bond donors (Lipinski definition) is 0. The Kier molecular flexibility index (Phi) is 2.31. The van der Waals surface area contributed by atoms with Crippen LogP contribution in [0.3, 0.4) is 0 Å². The van der Waals surface area contributed by atoms with Gasteiger partial charge in [-0.05, 0) is 23.6 Å². The lowest BCUT2D eigenvalue weighted by molar-refractivity contribution is 0.776. The van der Waals surface area contributed by atoms with E-state index >= 15 is 0 Å². The summed E-state index contributed by atoms with van der Waals surface area (Å²) in [6.07, 6.45) is 3.47. The van der Waals surface area contributed by atoms with Gasteiger partial charge < -0.3 is 0 Å². The van der Waals surface area contributed by atoms with Gasteiger partial charge in [0.15, 0.2) is 5.69 Å². The largest absolute Gasteiger partial charge is 0.269 e. The average Bonchev–Trinajstić information content (AvgIpc) is 2.83. The van der Waals surface area contributed by atoms with Gasteiger partial charge in [-0.25, -0.2) is 4.85 Å². The summed E-state index contributed by atoms with van der Waals surface area (Å²) in [6, 6.07) is 9.62. The minimum absolute atomic E-state index is 0.602.